The molecule has 0 aliphatic heterocycles. The molecule has 134 valence electrons. The number of aromatic nitrogens is 2. The number of carbonyl (C=O) groups is 2. The van der Waals surface area contributed by atoms with Gasteiger partial charge in [-0.05, 0) is 31.5 Å². The van der Waals surface area contributed by atoms with E-state index in [-0.39, 0.29) is 11.3 Å². The van der Waals surface area contributed by atoms with E-state index in [4.69, 9.17) is 22.1 Å². The van der Waals surface area contributed by atoms with Crippen molar-refractivity contribution in [3.63, 3.8) is 0 Å². The zero-order chi connectivity index (χ0) is 18.6. The number of ether oxygens (including phenoxy) is 1. The zero-order valence-electron chi connectivity index (χ0n) is 14.4. The van der Waals surface area contributed by atoms with E-state index in [1.807, 2.05) is 13.8 Å². The molecule has 3 N–H and O–H groups in total. The summed E-state index contributed by atoms with van der Waals surface area (Å²) in [6.45, 7) is 4.21. The molecule has 7 nitrogen and oxygen atoms in total. The number of carbonyl (C=O) groups excluding carboxylic acids is 2. The predicted octanol–water partition coefficient (Wildman–Crippen LogP) is 2.78. The van der Waals surface area contributed by atoms with Crippen LogP contribution in [0.5, 0.6) is 5.75 Å². The van der Waals surface area contributed by atoms with Crippen LogP contribution in [0.15, 0.2) is 18.2 Å². The van der Waals surface area contributed by atoms with Crippen LogP contribution in [0.1, 0.15) is 46.8 Å². The Balaban J connectivity index is 2.44. The molecule has 1 aromatic carbocycles. The molecule has 0 atom stereocenters. The van der Waals surface area contributed by atoms with Gasteiger partial charge in [-0.2, -0.15) is 5.10 Å². The second-order valence-corrected chi connectivity index (χ2v) is 5.87. The number of hydrogen-bond donors (Lipinski definition) is 2. The SMILES string of the molecule is CCCc1nn(C)c(C(N)=O)c1NC(=O)c1cc(Cl)ccc1OCC. The van der Waals surface area contributed by atoms with Crippen molar-refractivity contribution in [3.8, 4) is 5.75 Å². The molecule has 0 spiro atoms. The summed E-state index contributed by atoms with van der Waals surface area (Å²) in [6, 6.07) is 4.79. The third-order valence-electron chi connectivity index (χ3n) is 3.56. The molecule has 1 aromatic heterocycles. The lowest BCUT2D eigenvalue weighted by atomic mass is 10.1. The number of aryl methyl sites for hydroxylation is 2. The Labute approximate surface area is 151 Å². The first kappa shape index (κ1) is 18.8. The Morgan fingerprint density at radius 3 is 2.68 bits per heavy atom. The fraction of sp³-hybridized carbons (Fsp3) is 0.353. The molecule has 0 aliphatic carbocycles. The summed E-state index contributed by atoms with van der Waals surface area (Å²) in [5.74, 6) is -0.700. The molecule has 1 heterocycles. The maximum atomic E-state index is 12.8. The van der Waals surface area contributed by atoms with Gasteiger partial charge in [0.15, 0.2) is 0 Å². The highest BCUT2D eigenvalue weighted by molar-refractivity contribution is 6.31. The molecule has 0 bridgehead atoms. The molecule has 2 aromatic rings. The van der Waals surface area contributed by atoms with Crippen LogP contribution < -0.4 is 15.8 Å². The summed E-state index contributed by atoms with van der Waals surface area (Å²) in [6.07, 6.45) is 1.41. The zero-order valence-corrected chi connectivity index (χ0v) is 15.2. The molecule has 0 unspecified atom stereocenters. The maximum absolute atomic E-state index is 12.8. The van der Waals surface area contributed by atoms with Crippen LogP contribution in [-0.4, -0.2) is 28.2 Å². The van der Waals surface area contributed by atoms with Gasteiger partial charge in [-0.1, -0.05) is 24.9 Å². The Bertz CT molecular complexity index is 801. The topological polar surface area (TPSA) is 99.2 Å². The number of rotatable bonds is 7. The van der Waals surface area contributed by atoms with E-state index < -0.39 is 11.8 Å². The quantitative estimate of drug-likeness (QED) is 0.789. The van der Waals surface area contributed by atoms with Crippen LogP contribution in [-0.2, 0) is 13.5 Å². The van der Waals surface area contributed by atoms with Crippen LogP contribution in [0.4, 0.5) is 5.69 Å². The van der Waals surface area contributed by atoms with Crippen LogP contribution in [0.3, 0.4) is 0 Å². The van der Waals surface area contributed by atoms with E-state index in [0.29, 0.717) is 35.2 Å². The van der Waals surface area contributed by atoms with Gasteiger partial charge in [0.1, 0.15) is 11.4 Å². The number of benzene rings is 1. The highest BCUT2D eigenvalue weighted by atomic mass is 35.5. The number of nitrogens with one attached hydrogen (secondary N) is 1. The molecule has 0 saturated heterocycles. The summed E-state index contributed by atoms with van der Waals surface area (Å²) in [5.41, 5.74) is 6.80. The molecule has 0 fully saturated rings. The Hall–Kier alpha value is -2.54. The predicted molar refractivity (Wildman–Crippen MR) is 96.3 cm³/mol. The van der Waals surface area contributed by atoms with Gasteiger partial charge in [-0.25, -0.2) is 0 Å². The molecule has 0 saturated carbocycles. The van der Waals surface area contributed by atoms with E-state index >= 15 is 0 Å². The van der Waals surface area contributed by atoms with Crippen molar-refractivity contribution < 1.29 is 14.3 Å². The minimum absolute atomic E-state index is 0.150. The lowest BCUT2D eigenvalue weighted by molar-refractivity contribution is 0.0992. The molecular weight excluding hydrogens is 344 g/mol. The first-order chi connectivity index (χ1) is 11.9. The second kappa shape index (κ2) is 8.02. The number of halogens is 1. The van der Waals surface area contributed by atoms with E-state index in [1.165, 1.54) is 10.7 Å². The number of primary amides is 1. The van der Waals surface area contributed by atoms with Gasteiger partial charge >= 0.3 is 0 Å². The molecule has 0 aliphatic rings. The van der Waals surface area contributed by atoms with Gasteiger partial charge in [0.2, 0.25) is 0 Å². The number of amides is 2. The Kier molecular flexibility index (Phi) is 6.03. The Morgan fingerprint density at radius 1 is 1.36 bits per heavy atom. The van der Waals surface area contributed by atoms with Crippen molar-refractivity contribution in [2.45, 2.75) is 26.7 Å². The molecular formula is C17H21ClN4O3. The van der Waals surface area contributed by atoms with E-state index in [9.17, 15) is 9.59 Å². The summed E-state index contributed by atoms with van der Waals surface area (Å²) in [5, 5.41) is 7.44. The average molecular weight is 365 g/mol. The molecule has 2 rings (SSSR count). The van der Waals surface area contributed by atoms with Crippen molar-refractivity contribution >= 4 is 29.1 Å². The largest absolute Gasteiger partial charge is 0.493 e. The molecule has 25 heavy (non-hydrogen) atoms. The third-order valence-corrected chi connectivity index (χ3v) is 3.80. The normalized spacial score (nSPS) is 10.6. The van der Waals surface area contributed by atoms with Crippen molar-refractivity contribution in [2.24, 2.45) is 12.8 Å². The Morgan fingerprint density at radius 2 is 2.08 bits per heavy atom. The molecule has 8 heteroatoms. The van der Waals surface area contributed by atoms with Gasteiger partial charge in [0.05, 0.1) is 23.6 Å². The van der Waals surface area contributed by atoms with E-state index in [1.54, 1.807) is 19.2 Å². The van der Waals surface area contributed by atoms with Gasteiger partial charge in [-0.15, -0.1) is 0 Å². The fourth-order valence-corrected chi connectivity index (χ4v) is 2.72. The van der Waals surface area contributed by atoms with Gasteiger partial charge in [0.25, 0.3) is 11.8 Å². The highest BCUT2D eigenvalue weighted by Crippen LogP contribution is 2.27. The minimum atomic E-state index is -0.663. The summed E-state index contributed by atoms with van der Waals surface area (Å²) >= 11 is 6.00. The van der Waals surface area contributed by atoms with Crippen molar-refractivity contribution in [1.29, 1.82) is 0 Å². The first-order valence-electron chi connectivity index (χ1n) is 7.98. The number of nitrogens with zero attached hydrogens (tertiary/aromatic N) is 2. The third kappa shape index (κ3) is 4.11. The van der Waals surface area contributed by atoms with Gasteiger partial charge < -0.3 is 15.8 Å². The van der Waals surface area contributed by atoms with Crippen LogP contribution in [0, 0.1) is 0 Å². The monoisotopic (exact) mass is 364 g/mol. The van der Waals surface area contributed by atoms with Gasteiger partial charge in [0, 0.05) is 12.1 Å². The average Bonchev–Trinajstić information content (AvgIpc) is 2.85. The van der Waals surface area contributed by atoms with Crippen molar-refractivity contribution in [3.05, 3.63) is 40.2 Å². The number of hydrogen-bond acceptors (Lipinski definition) is 4. The highest BCUT2D eigenvalue weighted by Gasteiger charge is 2.23. The minimum Gasteiger partial charge on any atom is -0.493 e. The smallest absolute Gasteiger partial charge is 0.269 e. The van der Waals surface area contributed by atoms with Crippen molar-refractivity contribution in [1.82, 2.24) is 9.78 Å². The lowest BCUT2D eigenvalue weighted by Crippen LogP contribution is -2.21. The van der Waals surface area contributed by atoms with Crippen molar-refractivity contribution in [2.75, 3.05) is 11.9 Å². The van der Waals surface area contributed by atoms with E-state index in [2.05, 4.69) is 10.4 Å². The van der Waals surface area contributed by atoms with Crippen LogP contribution in [0.2, 0.25) is 5.02 Å². The fourth-order valence-electron chi connectivity index (χ4n) is 2.55. The maximum Gasteiger partial charge on any atom is 0.269 e. The summed E-state index contributed by atoms with van der Waals surface area (Å²) in [4.78, 5) is 24.5. The molecule has 0 radical (unpaired) electrons. The van der Waals surface area contributed by atoms with Gasteiger partial charge in [-0.3, -0.25) is 14.3 Å². The summed E-state index contributed by atoms with van der Waals surface area (Å²) < 4.78 is 6.86. The van der Waals surface area contributed by atoms with Crippen LogP contribution >= 0.6 is 11.6 Å². The summed E-state index contributed by atoms with van der Waals surface area (Å²) in [7, 11) is 1.61. The number of nitrogens with two attached hydrogens (primary N) is 1. The lowest BCUT2D eigenvalue weighted by Gasteiger charge is -2.12. The standard InChI is InChI=1S/C17H21ClN4O3/c1-4-6-12-14(15(16(19)23)22(3)21-12)20-17(24)11-9-10(18)7-8-13(11)25-5-2/h7-9H,4-6H2,1-3H3,(H2,19,23)(H,20,24). The first-order valence-corrected chi connectivity index (χ1v) is 8.36. The number of anilines is 1. The van der Waals surface area contributed by atoms with Crippen LogP contribution in [0.25, 0.3) is 0 Å². The molecule has 2 amide bonds. The second-order valence-electron chi connectivity index (χ2n) is 5.44. The van der Waals surface area contributed by atoms with E-state index in [0.717, 1.165) is 6.42 Å².